The van der Waals surface area contributed by atoms with Crippen molar-refractivity contribution in [2.45, 2.75) is 0 Å². The topological polar surface area (TPSA) is 106 Å². The number of non-ortho nitro benzene ring substituents is 1. The molecule has 0 bridgehead atoms. The van der Waals surface area contributed by atoms with Crippen molar-refractivity contribution in [3.8, 4) is 5.69 Å². The number of tetrazole rings is 1. The molecule has 2 aromatic carbocycles. The lowest BCUT2D eigenvalue weighted by molar-refractivity contribution is -0.384. The van der Waals surface area contributed by atoms with Crippen LogP contribution in [0.5, 0.6) is 0 Å². The minimum Gasteiger partial charge on any atom is -0.345 e. The Morgan fingerprint density at radius 3 is 2.52 bits per heavy atom. The monoisotopic (exact) mass is 408 g/mol. The van der Waals surface area contributed by atoms with Crippen molar-refractivity contribution in [1.29, 1.82) is 0 Å². The standard InChI is InChI=1S/C18H16N8O2S/c27-26(28)14-6-7-15-16(12-14)29-18(19-15)24-10-8-23(9-11-24)17-20-21-22-25(17)13-4-2-1-3-5-13/h1-7,12H,8-11H2. The molecule has 0 aliphatic carbocycles. The molecule has 1 aliphatic heterocycles. The maximum absolute atomic E-state index is 11.0. The molecule has 0 spiro atoms. The predicted octanol–water partition coefficient (Wildman–Crippen LogP) is 2.51. The minimum absolute atomic E-state index is 0.0882. The SMILES string of the molecule is O=[N+]([O-])c1ccc2nc(N3CCN(c4nnnn4-c4ccccc4)CC3)sc2c1. The van der Waals surface area contributed by atoms with E-state index in [1.54, 1.807) is 16.8 Å². The van der Waals surface area contributed by atoms with Crippen LogP contribution in [0, 0.1) is 10.1 Å². The third kappa shape index (κ3) is 3.25. The smallest absolute Gasteiger partial charge is 0.270 e. The van der Waals surface area contributed by atoms with Crippen LogP contribution in [-0.4, -0.2) is 56.3 Å². The molecule has 11 heteroatoms. The predicted molar refractivity (Wildman–Crippen MR) is 110 cm³/mol. The summed E-state index contributed by atoms with van der Waals surface area (Å²) in [7, 11) is 0. The van der Waals surface area contributed by atoms with Crippen molar-refractivity contribution in [2.75, 3.05) is 36.0 Å². The highest BCUT2D eigenvalue weighted by atomic mass is 32.1. The molecule has 1 aliphatic rings. The Morgan fingerprint density at radius 2 is 1.76 bits per heavy atom. The summed E-state index contributed by atoms with van der Waals surface area (Å²) in [6, 6.07) is 14.6. The second kappa shape index (κ2) is 7.09. The first-order chi connectivity index (χ1) is 14.2. The molecular weight excluding hydrogens is 392 g/mol. The molecule has 3 heterocycles. The van der Waals surface area contributed by atoms with Crippen LogP contribution in [0.15, 0.2) is 48.5 Å². The Labute approximate surface area is 169 Å². The first-order valence-electron chi connectivity index (χ1n) is 9.08. The third-order valence-electron chi connectivity index (χ3n) is 4.86. The van der Waals surface area contributed by atoms with Gasteiger partial charge in [-0.05, 0) is 28.6 Å². The lowest BCUT2D eigenvalue weighted by Crippen LogP contribution is -2.47. The third-order valence-corrected chi connectivity index (χ3v) is 5.94. The lowest BCUT2D eigenvalue weighted by Gasteiger charge is -2.34. The fourth-order valence-electron chi connectivity index (χ4n) is 3.36. The molecule has 1 saturated heterocycles. The van der Waals surface area contributed by atoms with Gasteiger partial charge in [-0.25, -0.2) is 4.98 Å². The number of anilines is 2. The fourth-order valence-corrected chi connectivity index (χ4v) is 4.41. The molecule has 146 valence electrons. The molecule has 4 aromatic rings. The molecule has 0 unspecified atom stereocenters. The maximum atomic E-state index is 11.0. The Bertz CT molecular complexity index is 1170. The molecule has 5 rings (SSSR count). The van der Waals surface area contributed by atoms with E-state index in [2.05, 4.69) is 30.3 Å². The van der Waals surface area contributed by atoms with Gasteiger partial charge in [0, 0.05) is 38.3 Å². The fraction of sp³-hybridized carbons (Fsp3) is 0.222. The van der Waals surface area contributed by atoms with Gasteiger partial charge in [-0.1, -0.05) is 34.6 Å². The van der Waals surface area contributed by atoms with Gasteiger partial charge in [0.15, 0.2) is 5.13 Å². The highest BCUT2D eigenvalue weighted by Gasteiger charge is 2.24. The zero-order valence-electron chi connectivity index (χ0n) is 15.2. The summed E-state index contributed by atoms with van der Waals surface area (Å²) in [5.74, 6) is 0.718. The van der Waals surface area contributed by atoms with E-state index >= 15 is 0 Å². The van der Waals surface area contributed by atoms with E-state index in [0.717, 1.165) is 53.2 Å². The van der Waals surface area contributed by atoms with Crippen molar-refractivity contribution in [1.82, 2.24) is 25.2 Å². The molecule has 0 radical (unpaired) electrons. The highest BCUT2D eigenvalue weighted by molar-refractivity contribution is 7.22. The summed E-state index contributed by atoms with van der Waals surface area (Å²) in [5, 5.41) is 24.0. The van der Waals surface area contributed by atoms with Crippen LogP contribution in [0.25, 0.3) is 15.9 Å². The molecule has 1 fully saturated rings. The van der Waals surface area contributed by atoms with E-state index in [0.29, 0.717) is 0 Å². The van der Waals surface area contributed by atoms with Crippen LogP contribution >= 0.6 is 11.3 Å². The second-order valence-electron chi connectivity index (χ2n) is 6.61. The molecule has 29 heavy (non-hydrogen) atoms. The Hall–Kier alpha value is -3.60. The van der Waals surface area contributed by atoms with Crippen molar-refractivity contribution in [3.63, 3.8) is 0 Å². The van der Waals surface area contributed by atoms with Crippen LogP contribution in [0.2, 0.25) is 0 Å². The number of para-hydroxylation sites is 1. The Morgan fingerprint density at radius 1 is 1.00 bits per heavy atom. The van der Waals surface area contributed by atoms with E-state index in [4.69, 9.17) is 0 Å². The number of nitro benzene ring substituents is 1. The number of aromatic nitrogens is 5. The number of hydrogen-bond donors (Lipinski definition) is 0. The average Bonchev–Trinajstić information content (AvgIpc) is 3.41. The van der Waals surface area contributed by atoms with Gasteiger partial charge in [-0.15, -0.1) is 0 Å². The van der Waals surface area contributed by atoms with Gasteiger partial charge in [0.1, 0.15) is 0 Å². The normalized spacial score (nSPS) is 14.5. The summed E-state index contributed by atoms with van der Waals surface area (Å²) in [5.41, 5.74) is 1.79. The molecule has 0 atom stereocenters. The quantitative estimate of drug-likeness (QED) is 0.375. The summed E-state index contributed by atoms with van der Waals surface area (Å²) in [6.07, 6.45) is 0. The van der Waals surface area contributed by atoms with Crippen molar-refractivity contribution in [3.05, 3.63) is 58.6 Å². The zero-order chi connectivity index (χ0) is 19.8. The van der Waals surface area contributed by atoms with Gasteiger partial charge in [-0.2, -0.15) is 4.68 Å². The molecule has 0 amide bonds. The highest BCUT2D eigenvalue weighted by Crippen LogP contribution is 2.32. The second-order valence-corrected chi connectivity index (χ2v) is 7.62. The van der Waals surface area contributed by atoms with Gasteiger partial charge in [-0.3, -0.25) is 10.1 Å². The number of nitrogens with zero attached hydrogens (tertiary/aromatic N) is 8. The van der Waals surface area contributed by atoms with Crippen molar-refractivity contribution >= 4 is 38.3 Å². The first-order valence-corrected chi connectivity index (χ1v) is 9.89. The minimum atomic E-state index is -0.380. The maximum Gasteiger partial charge on any atom is 0.270 e. The van der Waals surface area contributed by atoms with E-state index < -0.39 is 0 Å². The van der Waals surface area contributed by atoms with Gasteiger partial charge in [0.2, 0.25) is 5.95 Å². The number of thiazole rings is 1. The molecule has 10 nitrogen and oxygen atoms in total. The zero-order valence-corrected chi connectivity index (χ0v) is 16.1. The van der Waals surface area contributed by atoms with Gasteiger partial charge in [0.05, 0.1) is 20.8 Å². The summed E-state index contributed by atoms with van der Waals surface area (Å²) < 4.78 is 2.57. The average molecular weight is 408 g/mol. The molecule has 0 saturated carbocycles. The van der Waals surface area contributed by atoms with Crippen LogP contribution in [0.3, 0.4) is 0 Å². The number of nitro groups is 1. The number of fused-ring (bicyclic) bond motifs is 1. The number of rotatable bonds is 4. The summed E-state index contributed by atoms with van der Waals surface area (Å²) in [4.78, 5) is 19.6. The van der Waals surface area contributed by atoms with Crippen LogP contribution in [0.1, 0.15) is 0 Å². The van der Waals surface area contributed by atoms with E-state index in [1.807, 2.05) is 30.3 Å². The van der Waals surface area contributed by atoms with Gasteiger partial charge >= 0.3 is 0 Å². The molecule has 0 N–H and O–H groups in total. The van der Waals surface area contributed by atoms with Crippen molar-refractivity contribution < 1.29 is 4.92 Å². The Balaban J connectivity index is 1.33. The lowest BCUT2D eigenvalue weighted by atomic mass is 10.3. The molecular formula is C18H16N8O2S. The Kier molecular flexibility index (Phi) is 4.28. The number of benzene rings is 2. The largest absolute Gasteiger partial charge is 0.345 e. The van der Waals surface area contributed by atoms with Crippen LogP contribution < -0.4 is 9.80 Å². The van der Waals surface area contributed by atoms with E-state index in [-0.39, 0.29) is 10.6 Å². The van der Waals surface area contributed by atoms with E-state index in [9.17, 15) is 10.1 Å². The van der Waals surface area contributed by atoms with Gasteiger partial charge < -0.3 is 9.80 Å². The van der Waals surface area contributed by atoms with Gasteiger partial charge in [0.25, 0.3) is 5.69 Å². The summed E-state index contributed by atoms with van der Waals surface area (Å²) in [6.45, 7) is 3.04. The molecule has 2 aromatic heterocycles. The number of hydrogen-bond acceptors (Lipinski definition) is 9. The van der Waals surface area contributed by atoms with Crippen molar-refractivity contribution in [2.24, 2.45) is 0 Å². The number of piperazine rings is 1. The van der Waals surface area contributed by atoms with E-state index in [1.165, 1.54) is 17.4 Å². The van der Waals surface area contributed by atoms with Crippen LogP contribution in [-0.2, 0) is 0 Å². The summed E-state index contributed by atoms with van der Waals surface area (Å²) >= 11 is 1.48. The first kappa shape index (κ1) is 17.5. The van der Waals surface area contributed by atoms with Crippen LogP contribution in [0.4, 0.5) is 16.8 Å².